The zero-order chi connectivity index (χ0) is 35.8. The molecule has 0 atom stereocenters. The molecule has 53 heavy (non-hydrogen) atoms. The zero-order valence-electron chi connectivity index (χ0n) is 30.0. The lowest BCUT2D eigenvalue weighted by atomic mass is 9.82. The van der Waals surface area contributed by atoms with E-state index < -0.39 is 0 Å². The molecule has 2 heteroatoms. The lowest BCUT2D eigenvalue weighted by Crippen LogP contribution is -2.17. The summed E-state index contributed by atoms with van der Waals surface area (Å²) in [5.74, 6) is 0. The molecule has 0 aliphatic heterocycles. The number of para-hydroxylation sites is 2. The van der Waals surface area contributed by atoms with E-state index >= 15 is 0 Å². The molecule has 1 aliphatic carbocycles. The van der Waals surface area contributed by atoms with Crippen molar-refractivity contribution in [2.45, 2.75) is 19.3 Å². The van der Waals surface area contributed by atoms with Crippen molar-refractivity contribution in [3.05, 3.63) is 217 Å². The average molecular weight is 681 g/mol. The van der Waals surface area contributed by atoms with Gasteiger partial charge in [-0.25, -0.2) is 0 Å². The highest BCUT2D eigenvalue weighted by molar-refractivity contribution is 5.89. The molecule has 0 saturated heterocycles. The second-order valence-corrected chi connectivity index (χ2v) is 14.3. The van der Waals surface area contributed by atoms with Crippen molar-refractivity contribution in [2.24, 2.45) is 0 Å². The van der Waals surface area contributed by atoms with Crippen LogP contribution < -0.4 is 9.80 Å². The smallest absolute Gasteiger partial charge is 0.0467 e. The Bertz CT molecular complexity index is 2510. The Kier molecular flexibility index (Phi) is 8.21. The number of hydrogen-bond donors (Lipinski definition) is 0. The van der Waals surface area contributed by atoms with Crippen molar-refractivity contribution in [1.29, 1.82) is 0 Å². The van der Waals surface area contributed by atoms with Gasteiger partial charge < -0.3 is 9.80 Å². The highest BCUT2D eigenvalue weighted by Gasteiger charge is 2.37. The minimum atomic E-state index is -0.218. The predicted octanol–water partition coefficient (Wildman–Crippen LogP) is 14.3. The predicted molar refractivity (Wildman–Crippen MR) is 224 cm³/mol. The highest BCUT2D eigenvalue weighted by atomic mass is 15.1. The molecule has 254 valence electrons. The number of benzene rings is 8. The molecule has 8 aromatic carbocycles. The fourth-order valence-corrected chi connectivity index (χ4v) is 7.93. The number of hydrogen-bond acceptors (Lipinski definition) is 2. The summed E-state index contributed by atoms with van der Waals surface area (Å²) >= 11 is 0. The van der Waals surface area contributed by atoms with Gasteiger partial charge in [-0.2, -0.15) is 0 Å². The largest absolute Gasteiger partial charge is 0.310 e. The molecule has 0 unspecified atom stereocenters. The number of nitrogens with zero attached hydrogens (tertiary/aromatic N) is 2. The minimum Gasteiger partial charge on any atom is -0.310 e. The molecular formula is C51H40N2. The van der Waals surface area contributed by atoms with Crippen LogP contribution in [-0.4, -0.2) is 0 Å². The van der Waals surface area contributed by atoms with Gasteiger partial charge in [0.25, 0.3) is 0 Å². The van der Waals surface area contributed by atoms with E-state index in [-0.39, 0.29) is 5.41 Å². The van der Waals surface area contributed by atoms with Crippen LogP contribution in [-0.2, 0) is 5.41 Å². The Morgan fingerprint density at radius 1 is 0.283 bits per heavy atom. The number of rotatable bonds is 8. The van der Waals surface area contributed by atoms with E-state index in [1.807, 2.05) is 0 Å². The molecule has 9 rings (SSSR count). The molecule has 0 radical (unpaired) electrons. The van der Waals surface area contributed by atoms with E-state index in [0.29, 0.717) is 0 Å². The quantitative estimate of drug-likeness (QED) is 0.158. The van der Waals surface area contributed by atoms with E-state index in [1.54, 1.807) is 0 Å². The molecular weight excluding hydrogens is 641 g/mol. The van der Waals surface area contributed by atoms with E-state index in [9.17, 15) is 0 Å². The molecule has 0 N–H and O–H groups in total. The second kappa shape index (κ2) is 13.5. The molecule has 8 aromatic rings. The lowest BCUT2D eigenvalue weighted by molar-refractivity contribution is 0.660. The molecule has 0 bridgehead atoms. The Morgan fingerprint density at radius 3 is 1.13 bits per heavy atom. The number of fused-ring (bicyclic) bond motifs is 3. The molecule has 0 fully saturated rings. The van der Waals surface area contributed by atoms with Gasteiger partial charge in [0, 0.05) is 39.5 Å². The van der Waals surface area contributed by atoms with E-state index in [4.69, 9.17) is 0 Å². The first-order valence-corrected chi connectivity index (χ1v) is 18.4. The third-order valence-electron chi connectivity index (χ3n) is 10.6. The third-order valence-corrected chi connectivity index (χ3v) is 10.6. The molecule has 0 amide bonds. The molecule has 0 saturated carbocycles. The first-order valence-electron chi connectivity index (χ1n) is 18.4. The average Bonchev–Trinajstić information content (AvgIpc) is 3.45. The second-order valence-electron chi connectivity index (χ2n) is 14.3. The number of anilines is 6. The van der Waals surface area contributed by atoms with Gasteiger partial charge in [0.1, 0.15) is 0 Å². The SMILES string of the molecule is CC1(C)c2cc(N(c3ccccc3)c3ccc(-c4ccccc4)cc3)ccc2-c2ccc(N(c3ccccc3)c3cccc(-c4ccccc4)c3)cc21. The van der Waals surface area contributed by atoms with Crippen LogP contribution in [0.25, 0.3) is 33.4 Å². The Balaban J connectivity index is 1.12. The van der Waals surface area contributed by atoms with Crippen LogP contribution in [0.5, 0.6) is 0 Å². The van der Waals surface area contributed by atoms with E-state index in [1.165, 1.54) is 44.5 Å². The fourth-order valence-electron chi connectivity index (χ4n) is 7.93. The summed E-state index contributed by atoms with van der Waals surface area (Å²) in [6.07, 6.45) is 0. The van der Waals surface area contributed by atoms with E-state index in [0.717, 1.165) is 34.1 Å². The van der Waals surface area contributed by atoms with Crippen LogP contribution in [0.15, 0.2) is 206 Å². The molecule has 0 spiro atoms. The maximum Gasteiger partial charge on any atom is 0.0467 e. The van der Waals surface area contributed by atoms with Gasteiger partial charge in [0.15, 0.2) is 0 Å². The summed E-state index contributed by atoms with van der Waals surface area (Å²) in [7, 11) is 0. The zero-order valence-corrected chi connectivity index (χ0v) is 30.0. The maximum absolute atomic E-state index is 2.41. The Morgan fingerprint density at radius 2 is 0.623 bits per heavy atom. The molecule has 1 aliphatic rings. The van der Waals surface area contributed by atoms with Crippen molar-refractivity contribution >= 4 is 34.1 Å². The van der Waals surface area contributed by atoms with Crippen LogP contribution in [0.3, 0.4) is 0 Å². The van der Waals surface area contributed by atoms with Gasteiger partial charge in [-0.05, 0) is 117 Å². The maximum atomic E-state index is 2.41. The van der Waals surface area contributed by atoms with Gasteiger partial charge in [0.05, 0.1) is 0 Å². The first-order chi connectivity index (χ1) is 26.0. The van der Waals surface area contributed by atoms with Crippen LogP contribution in [0.1, 0.15) is 25.0 Å². The molecule has 0 aromatic heterocycles. The third kappa shape index (κ3) is 5.99. The normalized spacial score (nSPS) is 12.5. The van der Waals surface area contributed by atoms with Crippen molar-refractivity contribution in [2.75, 3.05) is 9.80 Å². The van der Waals surface area contributed by atoms with Crippen LogP contribution >= 0.6 is 0 Å². The van der Waals surface area contributed by atoms with Gasteiger partial charge in [0.2, 0.25) is 0 Å². The molecule has 0 heterocycles. The van der Waals surface area contributed by atoms with Gasteiger partial charge in [-0.15, -0.1) is 0 Å². The van der Waals surface area contributed by atoms with Crippen LogP contribution in [0, 0.1) is 0 Å². The van der Waals surface area contributed by atoms with Crippen molar-refractivity contribution in [1.82, 2.24) is 0 Å². The highest BCUT2D eigenvalue weighted by Crippen LogP contribution is 2.52. The summed E-state index contributed by atoms with van der Waals surface area (Å²) in [6, 6.07) is 74.4. The summed E-state index contributed by atoms with van der Waals surface area (Å²) in [5.41, 5.74) is 16.7. The standard InChI is InChI=1S/C51H40N2/c1-51(2)49-35-45(52(41-21-11-5-12-22-41)43-28-26-39(27-29-43)37-16-7-3-8-17-37)30-32-47(49)48-33-31-46(36-50(48)51)53(42-23-13-6-14-24-42)44-25-15-20-40(34-44)38-18-9-4-10-19-38/h3-36H,1-2H3. The summed E-state index contributed by atoms with van der Waals surface area (Å²) in [4.78, 5) is 4.75. The van der Waals surface area contributed by atoms with Gasteiger partial charge in [-0.1, -0.05) is 147 Å². The summed E-state index contributed by atoms with van der Waals surface area (Å²) < 4.78 is 0. The Hall–Kier alpha value is -6.64. The topological polar surface area (TPSA) is 6.48 Å². The lowest BCUT2D eigenvalue weighted by Gasteiger charge is -2.29. The van der Waals surface area contributed by atoms with Crippen molar-refractivity contribution < 1.29 is 0 Å². The fraction of sp³-hybridized carbons (Fsp3) is 0.0588. The molecule has 2 nitrogen and oxygen atoms in total. The van der Waals surface area contributed by atoms with Crippen LogP contribution in [0.4, 0.5) is 34.1 Å². The summed E-state index contributed by atoms with van der Waals surface area (Å²) in [6.45, 7) is 4.74. The van der Waals surface area contributed by atoms with Gasteiger partial charge >= 0.3 is 0 Å². The van der Waals surface area contributed by atoms with Crippen LogP contribution in [0.2, 0.25) is 0 Å². The van der Waals surface area contributed by atoms with Crippen molar-refractivity contribution in [3.63, 3.8) is 0 Å². The van der Waals surface area contributed by atoms with Crippen molar-refractivity contribution in [3.8, 4) is 33.4 Å². The Labute approximate surface area is 312 Å². The monoisotopic (exact) mass is 680 g/mol. The van der Waals surface area contributed by atoms with Gasteiger partial charge in [-0.3, -0.25) is 0 Å². The minimum absolute atomic E-state index is 0.218. The van der Waals surface area contributed by atoms with E-state index in [2.05, 4.69) is 230 Å². The summed E-state index contributed by atoms with van der Waals surface area (Å²) in [5, 5.41) is 0. The first kappa shape index (κ1) is 32.3.